The molecule has 3 amide bonds. The van der Waals surface area contributed by atoms with E-state index >= 15 is 0 Å². The van der Waals surface area contributed by atoms with Gasteiger partial charge in [0.2, 0.25) is 5.91 Å². The van der Waals surface area contributed by atoms with Crippen LogP contribution in [0.1, 0.15) is 33.8 Å². The Kier molecular flexibility index (Phi) is 7.10. The van der Waals surface area contributed by atoms with Crippen LogP contribution in [-0.2, 0) is 4.79 Å². The third-order valence-corrected chi connectivity index (χ3v) is 4.19. The lowest BCUT2D eigenvalue weighted by Gasteiger charge is -2.09. The van der Waals surface area contributed by atoms with Gasteiger partial charge >= 0.3 is 0 Å². The second-order valence-corrected chi connectivity index (χ2v) is 6.54. The first-order chi connectivity index (χ1) is 14.9. The van der Waals surface area contributed by atoms with Gasteiger partial charge in [0, 0.05) is 30.4 Å². The van der Waals surface area contributed by atoms with E-state index in [2.05, 4.69) is 16.0 Å². The van der Waals surface area contributed by atoms with Crippen LogP contribution < -0.4 is 16.0 Å². The van der Waals surface area contributed by atoms with Crippen molar-refractivity contribution in [1.29, 1.82) is 0 Å². The smallest absolute Gasteiger partial charge is 0.291 e. The molecule has 0 atom stereocenters. The van der Waals surface area contributed by atoms with E-state index in [-0.39, 0.29) is 30.2 Å². The van der Waals surface area contributed by atoms with Crippen LogP contribution in [0.3, 0.4) is 0 Å². The first kappa shape index (κ1) is 21.7. The van der Waals surface area contributed by atoms with Crippen molar-refractivity contribution in [2.24, 2.45) is 0 Å². The number of halogens is 2. The van der Waals surface area contributed by atoms with Crippen molar-refractivity contribution < 1.29 is 27.6 Å². The number of benzene rings is 2. The number of hydrogen-bond acceptors (Lipinski definition) is 4. The van der Waals surface area contributed by atoms with Gasteiger partial charge < -0.3 is 20.4 Å². The molecule has 160 valence electrons. The molecule has 2 aromatic carbocycles. The van der Waals surface area contributed by atoms with Crippen LogP contribution in [0.5, 0.6) is 0 Å². The van der Waals surface area contributed by atoms with Gasteiger partial charge in [0.1, 0.15) is 11.6 Å². The van der Waals surface area contributed by atoms with Crippen LogP contribution in [0.4, 0.5) is 20.2 Å². The van der Waals surface area contributed by atoms with E-state index in [1.165, 1.54) is 12.3 Å². The van der Waals surface area contributed by atoms with Gasteiger partial charge in [0.15, 0.2) is 5.76 Å². The molecule has 0 spiro atoms. The van der Waals surface area contributed by atoms with Crippen molar-refractivity contribution in [2.75, 3.05) is 17.2 Å². The lowest BCUT2D eigenvalue weighted by atomic mass is 10.2. The van der Waals surface area contributed by atoms with E-state index in [4.69, 9.17) is 4.42 Å². The summed E-state index contributed by atoms with van der Waals surface area (Å²) >= 11 is 0. The van der Waals surface area contributed by atoms with Crippen molar-refractivity contribution in [3.63, 3.8) is 0 Å². The number of carbonyl (C=O) groups excluding carboxylic acids is 3. The van der Waals surface area contributed by atoms with Crippen LogP contribution in [0, 0.1) is 11.6 Å². The molecule has 31 heavy (non-hydrogen) atoms. The zero-order chi connectivity index (χ0) is 22.2. The Morgan fingerprint density at radius 1 is 0.871 bits per heavy atom. The zero-order valence-electron chi connectivity index (χ0n) is 16.3. The van der Waals surface area contributed by atoms with Gasteiger partial charge in [0.25, 0.3) is 11.8 Å². The Hall–Kier alpha value is -4.01. The summed E-state index contributed by atoms with van der Waals surface area (Å²) in [4.78, 5) is 36.0. The standard InChI is InChI=1S/C22H19F2N3O4/c23-14-8-9-17(18(24)12-14)21(29)25-10-2-7-20(28)26-15-4-1-5-16(13-15)27-22(30)19-6-3-11-31-19/h1,3-6,8-9,11-13H,2,7,10H2,(H,25,29)(H,26,28)(H,27,30). The van der Waals surface area contributed by atoms with Crippen LogP contribution in [0.25, 0.3) is 0 Å². The number of furan rings is 1. The molecule has 0 fully saturated rings. The van der Waals surface area contributed by atoms with Crippen molar-refractivity contribution >= 4 is 29.1 Å². The molecule has 1 aromatic heterocycles. The first-order valence-corrected chi connectivity index (χ1v) is 9.40. The lowest BCUT2D eigenvalue weighted by molar-refractivity contribution is -0.116. The van der Waals surface area contributed by atoms with E-state index < -0.39 is 23.4 Å². The molecular formula is C22H19F2N3O4. The molecule has 7 nitrogen and oxygen atoms in total. The normalized spacial score (nSPS) is 10.4. The minimum absolute atomic E-state index is 0.106. The van der Waals surface area contributed by atoms with E-state index in [1.807, 2.05) is 0 Å². The summed E-state index contributed by atoms with van der Waals surface area (Å²) in [5.74, 6) is -2.95. The Morgan fingerprint density at radius 2 is 1.65 bits per heavy atom. The van der Waals surface area contributed by atoms with Crippen LogP contribution in [0.2, 0.25) is 0 Å². The predicted octanol–water partition coefficient (Wildman–Crippen LogP) is 3.96. The number of nitrogens with one attached hydrogen (secondary N) is 3. The van der Waals surface area contributed by atoms with Crippen molar-refractivity contribution in [1.82, 2.24) is 5.32 Å². The van der Waals surface area contributed by atoms with E-state index in [0.717, 1.165) is 12.1 Å². The maximum atomic E-state index is 13.6. The van der Waals surface area contributed by atoms with Gasteiger partial charge in [-0.15, -0.1) is 0 Å². The first-order valence-electron chi connectivity index (χ1n) is 9.40. The third kappa shape index (κ3) is 6.23. The largest absolute Gasteiger partial charge is 0.459 e. The fourth-order valence-electron chi connectivity index (χ4n) is 2.72. The average Bonchev–Trinajstić information content (AvgIpc) is 3.26. The second kappa shape index (κ2) is 10.1. The van der Waals surface area contributed by atoms with Gasteiger partial charge in [-0.2, -0.15) is 0 Å². The SMILES string of the molecule is O=C(CCCNC(=O)c1ccc(F)cc1F)Nc1cccc(NC(=O)c2ccco2)c1. The summed E-state index contributed by atoms with van der Waals surface area (Å²) in [5, 5.41) is 7.84. The second-order valence-electron chi connectivity index (χ2n) is 6.54. The predicted molar refractivity (Wildman–Crippen MR) is 110 cm³/mol. The Bertz CT molecular complexity index is 1080. The van der Waals surface area contributed by atoms with Gasteiger partial charge in [-0.3, -0.25) is 14.4 Å². The molecule has 0 aliphatic rings. The molecule has 1 heterocycles. The molecule has 0 aliphatic carbocycles. The van der Waals surface area contributed by atoms with Crippen molar-refractivity contribution in [3.8, 4) is 0 Å². The Morgan fingerprint density at radius 3 is 2.35 bits per heavy atom. The highest BCUT2D eigenvalue weighted by Gasteiger charge is 2.12. The fourth-order valence-corrected chi connectivity index (χ4v) is 2.72. The van der Waals surface area contributed by atoms with Crippen LogP contribution in [0.15, 0.2) is 65.3 Å². The van der Waals surface area contributed by atoms with Crippen LogP contribution >= 0.6 is 0 Å². The minimum atomic E-state index is -0.950. The molecule has 0 bridgehead atoms. The highest BCUT2D eigenvalue weighted by molar-refractivity contribution is 6.02. The monoisotopic (exact) mass is 427 g/mol. The molecule has 3 aromatic rings. The van der Waals surface area contributed by atoms with Gasteiger partial charge in [-0.05, 0) is 48.9 Å². The molecule has 0 unspecified atom stereocenters. The maximum absolute atomic E-state index is 13.6. The van der Waals surface area contributed by atoms with Crippen molar-refractivity contribution in [3.05, 3.63) is 83.8 Å². The van der Waals surface area contributed by atoms with E-state index in [0.29, 0.717) is 23.9 Å². The quantitative estimate of drug-likeness (QED) is 0.474. The molecule has 0 radical (unpaired) electrons. The molecule has 9 heteroatoms. The summed E-state index contributed by atoms with van der Waals surface area (Å²) < 4.78 is 31.5. The molecule has 3 rings (SSSR count). The topological polar surface area (TPSA) is 100 Å². The number of rotatable bonds is 8. The number of anilines is 2. The summed E-state index contributed by atoms with van der Waals surface area (Å²) in [6.45, 7) is 0.141. The fraction of sp³-hybridized carbons (Fsp3) is 0.136. The zero-order valence-corrected chi connectivity index (χ0v) is 16.3. The molecule has 0 saturated heterocycles. The highest BCUT2D eigenvalue weighted by atomic mass is 19.1. The van der Waals surface area contributed by atoms with Gasteiger partial charge in [-0.25, -0.2) is 8.78 Å². The summed E-state index contributed by atoms with van der Waals surface area (Å²) in [7, 11) is 0. The average molecular weight is 427 g/mol. The minimum Gasteiger partial charge on any atom is -0.459 e. The lowest BCUT2D eigenvalue weighted by Crippen LogP contribution is -2.26. The third-order valence-electron chi connectivity index (χ3n) is 4.19. The molecule has 0 saturated carbocycles. The van der Waals surface area contributed by atoms with Gasteiger partial charge in [-0.1, -0.05) is 6.07 Å². The molecule has 3 N–H and O–H groups in total. The highest BCUT2D eigenvalue weighted by Crippen LogP contribution is 2.17. The van der Waals surface area contributed by atoms with Gasteiger partial charge in [0.05, 0.1) is 11.8 Å². The molecular weight excluding hydrogens is 408 g/mol. The van der Waals surface area contributed by atoms with Crippen LogP contribution in [-0.4, -0.2) is 24.3 Å². The Labute approximate surface area is 176 Å². The van der Waals surface area contributed by atoms with E-state index in [9.17, 15) is 23.2 Å². The maximum Gasteiger partial charge on any atom is 0.291 e. The summed E-state index contributed by atoms with van der Waals surface area (Å²) in [6.07, 6.45) is 1.81. The number of hydrogen-bond donors (Lipinski definition) is 3. The van der Waals surface area contributed by atoms with Crippen molar-refractivity contribution in [2.45, 2.75) is 12.8 Å². The molecule has 0 aliphatic heterocycles. The number of amides is 3. The number of carbonyl (C=O) groups is 3. The summed E-state index contributed by atoms with van der Waals surface area (Å²) in [6, 6.07) is 12.4. The van der Waals surface area contributed by atoms with E-state index in [1.54, 1.807) is 30.3 Å². The summed E-state index contributed by atoms with van der Waals surface area (Å²) in [5.41, 5.74) is 0.701. The Balaban J connectivity index is 1.43.